The number of hydrogen-bond donors (Lipinski definition) is 2. The summed E-state index contributed by atoms with van der Waals surface area (Å²) in [4.78, 5) is 65.6. The van der Waals surface area contributed by atoms with Crippen molar-refractivity contribution in [2.75, 3.05) is 60.6 Å². The Labute approximate surface area is 288 Å². The van der Waals surface area contributed by atoms with Crippen LogP contribution in [-0.4, -0.2) is 156 Å². The van der Waals surface area contributed by atoms with E-state index in [1.807, 2.05) is 34.9 Å². The molecule has 4 amide bonds. The molecule has 0 spiro atoms. The molecule has 0 unspecified atom stereocenters. The summed E-state index contributed by atoms with van der Waals surface area (Å²) in [6.07, 6.45) is 7.35. The Morgan fingerprint density at radius 1 is 0.875 bits per heavy atom. The van der Waals surface area contributed by atoms with Crippen molar-refractivity contribution in [1.82, 2.24) is 29.8 Å². The number of likely N-dealkylation sites (tertiary alicyclic amines) is 4. The highest BCUT2D eigenvalue weighted by Crippen LogP contribution is 2.32. The van der Waals surface area contributed by atoms with E-state index in [9.17, 15) is 24.3 Å². The molecule has 12 heteroatoms. The van der Waals surface area contributed by atoms with Gasteiger partial charge in [-0.25, -0.2) is 0 Å². The van der Waals surface area contributed by atoms with Gasteiger partial charge in [0.15, 0.2) is 0 Å². The summed E-state index contributed by atoms with van der Waals surface area (Å²) in [5.41, 5.74) is -0.494. The molecule has 12 nitrogen and oxygen atoms in total. The quantitative estimate of drug-likeness (QED) is 0.322. The number of rotatable bonds is 12. The van der Waals surface area contributed by atoms with Crippen LogP contribution in [0.4, 0.5) is 0 Å². The van der Waals surface area contributed by atoms with Crippen molar-refractivity contribution >= 4 is 23.6 Å². The highest BCUT2D eigenvalue weighted by atomic mass is 16.5. The number of piperidine rings is 1. The summed E-state index contributed by atoms with van der Waals surface area (Å²) >= 11 is 0. The predicted octanol–water partition coefficient (Wildman–Crippen LogP) is 1.94. The third kappa shape index (κ3) is 8.53. The number of amides is 4. The second kappa shape index (κ2) is 16.6. The molecule has 4 heterocycles. The van der Waals surface area contributed by atoms with Gasteiger partial charge in [0.25, 0.3) is 0 Å². The van der Waals surface area contributed by atoms with E-state index in [1.165, 1.54) is 0 Å². The van der Waals surface area contributed by atoms with Crippen LogP contribution in [0.2, 0.25) is 0 Å². The van der Waals surface area contributed by atoms with Crippen LogP contribution in [0, 0.1) is 11.3 Å². The summed E-state index contributed by atoms with van der Waals surface area (Å²) < 4.78 is 5.39. The lowest BCUT2D eigenvalue weighted by molar-refractivity contribution is -0.149. The Morgan fingerprint density at radius 2 is 1.52 bits per heavy atom. The second-order valence-electron chi connectivity index (χ2n) is 16.2. The highest BCUT2D eigenvalue weighted by Gasteiger charge is 2.47. The molecule has 4 fully saturated rings. The fraction of sp³-hybridized carbons (Fsp3) is 0.889. The molecule has 4 aliphatic heterocycles. The van der Waals surface area contributed by atoms with Gasteiger partial charge in [-0.2, -0.15) is 0 Å². The van der Waals surface area contributed by atoms with E-state index in [2.05, 4.69) is 29.0 Å². The molecule has 0 bridgehead atoms. The Balaban J connectivity index is 1.47. The van der Waals surface area contributed by atoms with E-state index in [0.717, 1.165) is 58.0 Å². The van der Waals surface area contributed by atoms with Gasteiger partial charge in [0.1, 0.15) is 12.1 Å². The first kappa shape index (κ1) is 38.5. The van der Waals surface area contributed by atoms with Gasteiger partial charge in [-0.1, -0.05) is 41.0 Å². The number of aliphatic hydroxyl groups excluding tert-OH is 1. The zero-order chi connectivity index (χ0) is 35.3. The van der Waals surface area contributed by atoms with Crippen molar-refractivity contribution < 1.29 is 29.0 Å². The maximum Gasteiger partial charge on any atom is 0.246 e. The Bertz CT molecular complexity index is 1130. The molecule has 274 valence electrons. The number of nitrogens with one attached hydrogen (secondary N) is 1. The highest BCUT2D eigenvalue weighted by molar-refractivity contribution is 5.91. The van der Waals surface area contributed by atoms with Gasteiger partial charge in [0.2, 0.25) is 23.6 Å². The van der Waals surface area contributed by atoms with Crippen molar-refractivity contribution in [2.24, 2.45) is 11.3 Å². The molecule has 48 heavy (non-hydrogen) atoms. The summed E-state index contributed by atoms with van der Waals surface area (Å²) in [5, 5.41) is 13.2. The minimum Gasteiger partial charge on any atom is -0.394 e. The molecule has 7 atom stereocenters. The minimum absolute atomic E-state index is 0.0145. The lowest BCUT2D eigenvalue weighted by Gasteiger charge is -2.41. The van der Waals surface area contributed by atoms with Crippen molar-refractivity contribution in [3.63, 3.8) is 0 Å². The Morgan fingerprint density at radius 3 is 2.15 bits per heavy atom. The standard InChI is InChI=1S/C36H64N6O6/c1-24(2)30(39(7)35(47)31(36(3,4)5)37-32(44)27-13-9-10-18-38(27)6)21-40-19-11-14-28(40)33(45)41-20-12-15-29(41)34(46)42-25(22-43)16-17-26(42)23-48-8/h24-31,43H,9-23H2,1-8H3,(H,37,44)/t25-,26-,27+,28-,29-,30+,31+/m0/s1. The number of likely N-dealkylation sites (N-methyl/N-ethyl adjacent to an activating group) is 2. The lowest BCUT2D eigenvalue weighted by Crippen LogP contribution is -2.61. The number of ether oxygens (including phenoxy) is 1. The van der Waals surface area contributed by atoms with Crippen LogP contribution < -0.4 is 5.32 Å². The van der Waals surface area contributed by atoms with Crippen LogP contribution in [0.15, 0.2) is 0 Å². The van der Waals surface area contributed by atoms with Gasteiger partial charge >= 0.3 is 0 Å². The zero-order valence-electron chi connectivity index (χ0n) is 30.9. The molecule has 4 rings (SSSR count). The van der Waals surface area contributed by atoms with Crippen LogP contribution in [0.3, 0.4) is 0 Å². The normalized spacial score (nSPS) is 28.6. The molecular weight excluding hydrogens is 612 g/mol. The molecule has 4 saturated heterocycles. The maximum atomic E-state index is 14.2. The zero-order valence-corrected chi connectivity index (χ0v) is 30.9. The van der Waals surface area contributed by atoms with E-state index in [0.29, 0.717) is 32.5 Å². The Kier molecular flexibility index (Phi) is 13.3. The third-order valence-corrected chi connectivity index (χ3v) is 11.4. The number of carbonyl (C=O) groups excluding carboxylic acids is 4. The predicted molar refractivity (Wildman–Crippen MR) is 185 cm³/mol. The summed E-state index contributed by atoms with van der Waals surface area (Å²) in [6, 6.07) is -2.32. The van der Waals surface area contributed by atoms with E-state index in [4.69, 9.17) is 4.74 Å². The molecule has 0 radical (unpaired) electrons. The first-order valence-corrected chi connectivity index (χ1v) is 18.4. The lowest BCUT2D eigenvalue weighted by atomic mass is 9.84. The maximum absolute atomic E-state index is 14.2. The molecule has 4 aliphatic rings. The van der Waals surface area contributed by atoms with Gasteiger partial charge in [0.05, 0.1) is 37.4 Å². The molecular formula is C36H64N6O6. The fourth-order valence-corrected chi connectivity index (χ4v) is 8.51. The van der Waals surface area contributed by atoms with Crippen molar-refractivity contribution in [3.8, 4) is 0 Å². The molecule has 0 aromatic rings. The molecule has 2 N–H and O–H groups in total. The van der Waals surface area contributed by atoms with Gasteiger partial charge in [-0.3, -0.25) is 29.0 Å². The van der Waals surface area contributed by atoms with Gasteiger partial charge in [0, 0.05) is 33.3 Å². The van der Waals surface area contributed by atoms with Gasteiger partial charge < -0.3 is 29.9 Å². The first-order valence-electron chi connectivity index (χ1n) is 18.4. The fourth-order valence-electron chi connectivity index (χ4n) is 8.51. The average Bonchev–Trinajstić information content (AvgIpc) is 3.81. The Hall–Kier alpha value is -2.28. The van der Waals surface area contributed by atoms with Crippen LogP contribution in [0.25, 0.3) is 0 Å². The van der Waals surface area contributed by atoms with Crippen LogP contribution >= 0.6 is 0 Å². The largest absolute Gasteiger partial charge is 0.394 e. The molecule has 0 aromatic carbocycles. The molecule has 0 aromatic heterocycles. The number of hydrogen-bond acceptors (Lipinski definition) is 8. The van der Waals surface area contributed by atoms with E-state index in [-0.39, 0.29) is 66.4 Å². The smallest absolute Gasteiger partial charge is 0.246 e. The topological polar surface area (TPSA) is 126 Å². The van der Waals surface area contributed by atoms with Crippen LogP contribution in [0.1, 0.15) is 92.4 Å². The molecule has 0 aliphatic carbocycles. The number of methoxy groups -OCH3 is 1. The van der Waals surface area contributed by atoms with Crippen molar-refractivity contribution in [2.45, 2.75) is 135 Å². The summed E-state index contributed by atoms with van der Waals surface area (Å²) in [7, 11) is 5.43. The minimum atomic E-state index is -0.686. The second-order valence-corrected chi connectivity index (χ2v) is 16.2. The number of nitrogens with zero attached hydrogens (tertiary/aromatic N) is 5. The summed E-state index contributed by atoms with van der Waals surface area (Å²) in [5.74, 6) is -0.188. The van der Waals surface area contributed by atoms with Gasteiger partial charge in [-0.15, -0.1) is 0 Å². The third-order valence-electron chi connectivity index (χ3n) is 11.4. The van der Waals surface area contributed by atoms with E-state index >= 15 is 0 Å². The van der Waals surface area contributed by atoms with Crippen LogP contribution in [-0.2, 0) is 23.9 Å². The average molecular weight is 677 g/mol. The SMILES string of the molecule is COC[C@@H]1CC[C@@H](CO)N1C(=O)[C@@H]1CCCN1C(=O)[C@@H]1CCCN1C[C@H](C(C)C)N(C)C(=O)[C@@H](NC(=O)[C@H]1CCCCN1C)C(C)(C)C. The number of aliphatic hydroxyl groups is 1. The van der Waals surface area contributed by atoms with Crippen molar-refractivity contribution in [3.05, 3.63) is 0 Å². The van der Waals surface area contributed by atoms with Crippen molar-refractivity contribution in [1.29, 1.82) is 0 Å². The van der Waals surface area contributed by atoms with E-state index in [1.54, 1.807) is 21.8 Å². The van der Waals surface area contributed by atoms with Crippen LogP contribution in [0.5, 0.6) is 0 Å². The van der Waals surface area contributed by atoms with Gasteiger partial charge in [-0.05, 0) is 82.8 Å². The first-order chi connectivity index (χ1) is 22.7. The number of carbonyl (C=O) groups is 4. The van der Waals surface area contributed by atoms with E-state index < -0.39 is 17.5 Å². The monoisotopic (exact) mass is 676 g/mol. The summed E-state index contributed by atoms with van der Waals surface area (Å²) in [6.45, 7) is 13.2. The molecule has 0 saturated carbocycles.